The molecule has 0 bridgehead atoms. The van der Waals surface area contributed by atoms with Crippen molar-refractivity contribution in [1.82, 2.24) is 0 Å². The second-order valence-corrected chi connectivity index (χ2v) is 9.82. The highest BCUT2D eigenvalue weighted by atomic mass is 79.9. The fraction of sp³-hybridized carbons (Fsp3) is 0. The highest BCUT2D eigenvalue weighted by molar-refractivity contribution is 9.10. The lowest BCUT2D eigenvalue weighted by Crippen LogP contribution is -2.27. The van der Waals surface area contributed by atoms with Gasteiger partial charge in [-0.15, -0.1) is 0 Å². The molecule has 1 amide bonds. The first-order valence-electron chi connectivity index (χ1n) is 8.06. The van der Waals surface area contributed by atoms with Crippen LogP contribution < -0.4 is 4.90 Å². The van der Waals surface area contributed by atoms with E-state index in [9.17, 15) is 4.79 Å². The van der Waals surface area contributed by atoms with Crippen molar-refractivity contribution in [2.24, 2.45) is 0 Å². The minimum Gasteiger partial charge on any atom is -0.450 e. The Kier molecular flexibility index (Phi) is 5.99. The highest BCUT2D eigenvalue weighted by Gasteiger charge is 2.33. The van der Waals surface area contributed by atoms with Crippen molar-refractivity contribution in [3.63, 3.8) is 0 Å². The van der Waals surface area contributed by atoms with E-state index in [0.717, 1.165) is 20.1 Å². The van der Waals surface area contributed by atoms with Gasteiger partial charge in [0.15, 0.2) is 9.41 Å². The number of hydrogen-bond donors (Lipinski definition) is 0. The molecule has 1 saturated heterocycles. The van der Waals surface area contributed by atoms with Crippen molar-refractivity contribution in [2.75, 3.05) is 4.90 Å². The van der Waals surface area contributed by atoms with Crippen molar-refractivity contribution < 1.29 is 9.21 Å². The van der Waals surface area contributed by atoms with Crippen LogP contribution >= 0.6 is 63.3 Å². The maximum absolute atomic E-state index is 12.8. The van der Waals surface area contributed by atoms with Gasteiger partial charge in [-0.05, 0) is 54.6 Å². The lowest BCUT2D eigenvalue weighted by atomic mass is 10.3. The Morgan fingerprint density at radius 3 is 2.68 bits per heavy atom. The molecule has 1 aliphatic heterocycles. The number of thiocarbonyl (C=S) groups is 1. The van der Waals surface area contributed by atoms with Gasteiger partial charge in [-0.2, -0.15) is 0 Å². The highest BCUT2D eigenvalue weighted by Crippen LogP contribution is 2.37. The number of nitrogens with zero attached hydrogens (tertiary/aromatic N) is 1. The minimum atomic E-state index is -0.156. The molecule has 1 fully saturated rings. The molecule has 0 atom stereocenters. The van der Waals surface area contributed by atoms with Crippen LogP contribution in [0.1, 0.15) is 5.76 Å². The van der Waals surface area contributed by atoms with Gasteiger partial charge < -0.3 is 4.42 Å². The van der Waals surface area contributed by atoms with E-state index in [1.165, 1.54) is 28.4 Å². The molecule has 2 aromatic carbocycles. The second-order valence-electron chi connectivity index (χ2n) is 5.71. The summed E-state index contributed by atoms with van der Waals surface area (Å²) in [5.41, 5.74) is 0.735. The van der Waals surface area contributed by atoms with Gasteiger partial charge in [0.1, 0.15) is 5.76 Å². The lowest BCUT2D eigenvalue weighted by Gasteiger charge is -2.14. The second kappa shape index (κ2) is 8.47. The van der Waals surface area contributed by atoms with Crippen LogP contribution in [0, 0.1) is 0 Å². The summed E-state index contributed by atoms with van der Waals surface area (Å²) in [4.78, 5) is 15.9. The number of hydrogen-bond acceptors (Lipinski definition) is 5. The van der Waals surface area contributed by atoms with Crippen molar-refractivity contribution >= 4 is 85.3 Å². The van der Waals surface area contributed by atoms with E-state index in [4.69, 9.17) is 28.2 Å². The van der Waals surface area contributed by atoms with E-state index in [1.54, 1.807) is 6.08 Å². The largest absolute Gasteiger partial charge is 0.450 e. The molecule has 4 rings (SSSR count). The van der Waals surface area contributed by atoms with Gasteiger partial charge in [-0.25, -0.2) is 0 Å². The zero-order chi connectivity index (χ0) is 19.7. The fourth-order valence-electron chi connectivity index (χ4n) is 2.52. The van der Waals surface area contributed by atoms with Gasteiger partial charge in [-0.3, -0.25) is 9.69 Å². The standard InChI is InChI=1S/C20H11BrClNO2S3/c21-12-2-1-3-14(10-12)23-19(24)17(28-20(23)26)11-15-6-9-18(25-15)27-16-7-4-13(22)5-8-16/h1-11H. The van der Waals surface area contributed by atoms with E-state index in [1.807, 2.05) is 60.7 Å². The maximum Gasteiger partial charge on any atom is 0.270 e. The minimum absolute atomic E-state index is 0.156. The van der Waals surface area contributed by atoms with Crippen molar-refractivity contribution in [3.8, 4) is 0 Å². The average molecular weight is 509 g/mol. The molecule has 140 valence electrons. The van der Waals surface area contributed by atoms with Crippen LogP contribution in [0.2, 0.25) is 5.02 Å². The Hall–Kier alpha value is -1.51. The van der Waals surface area contributed by atoms with E-state index in [0.29, 0.717) is 20.0 Å². The number of anilines is 1. The molecule has 8 heteroatoms. The third-order valence-corrected chi connectivity index (χ3v) is 6.74. The van der Waals surface area contributed by atoms with Gasteiger partial charge in [0, 0.05) is 20.5 Å². The Balaban J connectivity index is 1.53. The summed E-state index contributed by atoms with van der Waals surface area (Å²) in [6, 6.07) is 18.7. The molecular weight excluding hydrogens is 498 g/mol. The first kappa shape index (κ1) is 19.8. The van der Waals surface area contributed by atoms with Crippen LogP contribution in [0.5, 0.6) is 0 Å². The molecular formula is C20H11BrClNO2S3. The van der Waals surface area contributed by atoms with Crippen molar-refractivity contribution in [2.45, 2.75) is 9.99 Å². The smallest absolute Gasteiger partial charge is 0.270 e. The number of halogens is 2. The third-order valence-electron chi connectivity index (χ3n) is 3.77. The molecule has 3 nitrogen and oxygen atoms in total. The Bertz CT molecular complexity index is 1090. The molecule has 0 N–H and O–H groups in total. The third kappa shape index (κ3) is 4.39. The number of carbonyl (C=O) groups is 1. The topological polar surface area (TPSA) is 33.5 Å². The van der Waals surface area contributed by atoms with Crippen LogP contribution in [0.25, 0.3) is 6.08 Å². The Morgan fingerprint density at radius 2 is 1.93 bits per heavy atom. The van der Waals surface area contributed by atoms with Gasteiger partial charge in [0.2, 0.25) is 0 Å². The number of amides is 1. The van der Waals surface area contributed by atoms with E-state index in [2.05, 4.69) is 15.9 Å². The summed E-state index contributed by atoms with van der Waals surface area (Å²) >= 11 is 17.5. The predicted octanol–water partition coefficient (Wildman–Crippen LogP) is 7.25. The summed E-state index contributed by atoms with van der Waals surface area (Å²) < 4.78 is 7.23. The number of rotatable bonds is 4. The van der Waals surface area contributed by atoms with Gasteiger partial charge in [0.05, 0.1) is 10.6 Å². The molecule has 28 heavy (non-hydrogen) atoms. The van der Waals surface area contributed by atoms with E-state index < -0.39 is 0 Å². The lowest BCUT2D eigenvalue weighted by molar-refractivity contribution is -0.113. The molecule has 0 radical (unpaired) electrons. The predicted molar refractivity (Wildman–Crippen MR) is 124 cm³/mol. The molecule has 0 spiro atoms. The summed E-state index contributed by atoms with van der Waals surface area (Å²) in [5.74, 6) is 0.447. The number of furan rings is 1. The summed E-state index contributed by atoms with van der Waals surface area (Å²) in [6.07, 6.45) is 1.73. The molecule has 1 aliphatic rings. The van der Waals surface area contributed by atoms with Gasteiger partial charge >= 0.3 is 0 Å². The van der Waals surface area contributed by atoms with Crippen molar-refractivity contribution in [3.05, 3.63) is 80.8 Å². The fourth-order valence-corrected chi connectivity index (χ4v) is 5.09. The number of carbonyl (C=O) groups excluding carboxylic acids is 1. The average Bonchev–Trinajstić information content (AvgIpc) is 3.21. The number of benzene rings is 2. The Labute approximate surface area is 189 Å². The van der Waals surface area contributed by atoms with Crippen LogP contribution in [-0.2, 0) is 4.79 Å². The van der Waals surface area contributed by atoms with Crippen LogP contribution in [0.4, 0.5) is 5.69 Å². The normalized spacial score (nSPS) is 15.6. The van der Waals surface area contributed by atoms with Crippen LogP contribution in [-0.4, -0.2) is 10.2 Å². The van der Waals surface area contributed by atoms with E-state index in [-0.39, 0.29) is 5.91 Å². The first-order valence-corrected chi connectivity index (χ1v) is 11.3. The molecule has 2 heterocycles. The molecule has 0 unspecified atom stereocenters. The quantitative estimate of drug-likeness (QED) is 0.274. The number of thioether (sulfide) groups is 1. The summed E-state index contributed by atoms with van der Waals surface area (Å²) in [6.45, 7) is 0. The maximum atomic E-state index is 12.8. The first-order chi connectivity index (χ1) is 13.5. The summed E-state index contributed by atoms with van der Waals surface area (Å²) in [7, 11) is 0. The Morgan fingerprint density at radius 1 is 1.14 bits per heavy atom. The molecule has 0 saturated carbocycles. The van der Waals surface area contributed by atoms with Crippen LogP contribution in [0.3, 0.4) is 0 Å². The van der Waals surface area contributed by atoms with Gasteiger partial charge in [0.25, 0.3) is 5.91 Å². The van der Waals surface area contributed by atoms with Gasteiger partial charge in [-0.1, -0.05) is 69.3 Å². The molecule has 0 aliphatic carbocycles. The SMILES string of the molecule is O=C1C(=Cc2ccc(Sc3ccc(Cl)cc3)o2)SC(=S)N1c1cccc(Br)c1. The zero-order valence-electron chi connectivity index (χ0n) is 14.1. The van der Waals surface area contributed by atoms with E-state index >= 15 is 0 Å². The van der Waals surface area contributed by atoms with Crippen LogP contribution in [0.15, 0.2) is 84.4 Å². The molecule has 1 aromatic heterocycles. The summed E-state index contributed by atoms with van der Waals surface area (Å²) in [5, 5.41) is 1.42. The zero-order valence-corrected chi connectivity index (χ0v) is 18.9. The monoisotopic (exact) mass is 507 g/mol. The molecule has 3 aromatic rings. The van der Waals surface area contributed by atoms with Crippen molar-refractivity contribution in [1.29, 1.82) is 0 Å².